The second-order valence-corrected chi connectivity index (χ2v) is 1.30. The van der Waals surface area contributed by atoms with Gasteiger partial charge in [0.25, 0.3) is 0 Å². The molecule has 1 aromatic rings. The number of aromatic nitrogens is 3. The maximum absolute atomic E-state index is 9.96. The minimum atomic E-state index is -0.399. The molecule has 0 unspecified atom stereocenters. The number of H-pyrrole nitrogens is 1. The number of nitrogens with two attached hydrogens (primary N) is 1. The highest BCUT2D eigenvalue weighted by Gasteiger charge is 1.94. The van der Waals surface area contributed by atoms with Gasteiger partial charge >= 0.3 is 0 Å². The van der Waals surface area contributed by atoms with E-state index in [2.05, 4.69) is 15.2 Å². The molecular formula is C3H5N4O. The molecule has 8 heavy (non-hydrogen) atoms. The molecule has 1 radical (unpaired) electrons. The van der Waals surface area contributed by atoms with Gasteiger partial charge in [0, 0.05) is 0 Å². The summed E-state index contributed by atoms with van der Waals surface area (Å²) in [7, 11) is 0. The van der Waals surface area contributed by atoms with Crippen molar-refractivity contribution in [2.75, 3.05) is 5.73 Å². The number of nitrogens with one attached hydrogen (secondary N) is 1. The van der Waals surface area contributed by atoms with Crippen LogP contribution in [0.5, 0.6) is 0 Å². The highest BCUT2D eigenvalue weighted by atomic mass is 16.3. The molecule has 0 aliphatic heterocycles. The van der Waals surface area contributed by atoms with Gasteiger partial charge in [-0.2, -0.15) is 0 Å². The standard InChI is InChI=1S/C3H5N4O/c4-3-5-2(1-8)6-7-3/h1H2,(H3,4,5,6,7). The van der Waals surface area contributed by atoms with Crippen LogP contribution >= 0.6 is 0 Å². The lowest BCUT2D eigenvalue weighted by atomic mass is 10.7. The predicted molar refractivity (Wildman–Crippen MR) is 25.2 cm³/mol. The zero-order valence-electron chi connectivity index (χ0n) is 4.09. The van der Waals surface area contributed by atoms with E-state index in [-0.39, 0.29) is 11.8 Å². The Morgan fingerprint density at radius 1 is 1.62 bits per heavy atom. The van der Waals surface area contributed by atoms with Crippen LogP contribution in [0, 0.1) is 0 Å². The molecule has 1 rings (SSSR count). The van der Waals surface area contributed by atoms with E-state index in [4.69, 9.17) is 5.73 Å². The number of hydrogen-bond donors (Lipinski definition) is 2. The van der Waals surface area contributed by atoms with Crippen LogP contribution in [0.2, 0.25) is 0 Å². The molecule has 3 N–H and O–H groups in total. The summed E-state index contributed by atoms with van der Waals surface area (Å²) in [6.07, 6.45) is 0. The normalized spacial score (nSPS) is 9.62. The van der Waals surface area contributed by atoms with Crippen molar-refractivity contribution < 1.29 is 5.11 Å². The van der Waals surface area contributed by atoms with Gasteiger partial charge in [0.05, 0.1) is 0 Å². The third-order valence-electron chi connectivity index (χ3n) is 0.688. The number of aromatic amines is 1. The van der Waals surface area contributed by atoms with Crippen LogP contribution in [0.15, 0.2) is 0 Å². The van der Waals surface area contributed by atoms with E-state index in [0.717, 1.165) is 0 Å². The van der Waals surface area contributed by atoms with Crippen molar-refractivity contribution >= 4 is 5.95 Å². The van der Waals surface area contributed by atoms with Gasteiger partial charge in [-0.25, -0.2) is 5.11 Å². The summed E-state index contributed by atoms with van der Waals surface area (Å²) in [5.74, 6) is 0.471. The third kappa shape index (κ3) is 0.760. The molecule has 0 aliphatic rings. The second kappa shape index (κ2) is 1.79. The minimum absolute atomic E-state index is 0.191. The SMILES string of the molecule is Nc1nnc(C[O])[nH]1. The summed E-state index contributed by atoms with van der Waals surface area (Å²) in [6, 6.07) is 0. The molecule has 0 fully saturated rings. The molecule has 0 aliphatic carbocycles. The largest absolute Gasteiger partial charge is 0.368 e. The van der Waals surface area contributed by atoms with E-state index in [1.54, 1.807) is 0 Å². The number of nitrogens with zero attached hydrogens (tertiary/aromatic N) is 2. The van der Waals surface area contributed by atoms with Gasteiger partial charge in [0.2, 0.25) is 5.95 Å². The van der Waals surface area contributed by atoms with E-state index in [1.165, 1.54) is 0 Å². The Hall–Kier alpha value is -1.10. The first-order valence-electron chi connectivity index (χ1n) is 2.08. The Morgan fingerprint density at radius 3 is 2.62 bits per heavy atom. The van der Waals surface area contributed by atoms with E-state index >= 15 is 0 Å². The van der Waals surface area contributed by atoms with Crippen molar-refractivity contribution in [1.29, 1.82) is 0 Å². The fourth-order valence-electron chi connectivity index (χ4n) is 0.377. The number of anilines is 1. The van der Waals surface area contributed by atoms with Crippen molar-refractivity contribution in [3.63, 3.8) is 0 Å². The Morgan fingerprint density at radius 2 is 2.38 bits per heavy atom. The summed E-state index contributed by atoms with van der Waals surface area (Å²) in [5.41, 5.74) is 5.09. The Bertz CT molecular complexity index is 172. The zero-order chi connectivity index (χ0) is 5.98. The van der Waals surface area contributed by atoms with Crippen LogP contribution in [-0.2, 0) is 11.7 Å². The van der Waals surface area contributed by atoms with E-state index in [0.29, 0.717) is 0 Å². The molecule has 1 aromatic heterocycles. The average molecular weight is 113 g/mol. The summed E-state index contributed by atoms with van der Waals surface area (Å²) < 4.78 is 0. The molecule has 0 spiro atoms. The molecule has 0 saturated carbocycles. The van der Waals surface area contributed by atoms with Crippen molar-refractivity contribution in [2.24, 2.45) is 0 Å². The summed E-state index contributed by atoms with van der Waals surface area (Å²) >= 11 is 0. The molecule has 5 nitrogen and oxygen atoms in total. The van der Waals surface area contributed by atoms with Crippen LogP contribution in [0.4, 0.5) is 5.95 Å². The lowest BCUT2D eigenvalue weighted by Crippen LogP contribution is -1.86. The first kappa shape index (κ1) is 5.04. The number of nitrogen functional groups attached to an aromatic ring is 1. The first-order valence-corrected chi connectivity index (χ1v) is 2.08. The molecule has 0 saturated heterocycles. The maximum atomic E-state index is 9.96. The lowest BCUT2D eigenvalue weighted by Gasteiger charge is -1.76. The van der Waals surface area contributed by atoms with Crippen LogP contribution in [0.25, 0.3) is 0 Å². The van der Waals surface area contributed by atoms with E-state index in [1.807, 2.05) is 0 Å². The summed E-state index contributed by atoms with van der Waals surface area (Å²) in [5, 5.41) is 16.7. The summed E-state index contributed by atoms with van der Waals surface area (Å²) in [6.45, 7) is -0.399. The van der Waals surface area contributed by atoms with Gasteiger partial charge in [-0.05, 0) is 0 Å². The fraction of sp³-hybridized carbons (Fsp3) is 0.333. The van der Waals surface area contributed by atoms with Crippen molar-refractivity contribution in [1.82, 2.24) is 15.2 Å². The van der Waals surface area contributed by atoms with Crippen molar-refractivity contribution in [3.8, 4) is 0 Å². The monoisotopic (exact) mass is 113 g/mol. The minimum Gasteiger partial charge on any atom is -0.368 e. The van der Waals surface area contributed by atoms with Gasteiger partial charge in [0.15, 0.2) is 5.82 Å². The second-order valence-electron chi connectivity index (χ2n) is 1.30. The predicted octanol–water partition coefficient (Wildman–Crippen LogP) is -0.683. The fourth-order valence-corrected chi connectivity index (χ4v) is 0.377. The molecule has 0 atom stereocenters. The molecule has 1 heterocycles. The zero-order valence-corrected chi connectivity index (χ0v) is 4.09. The highest BCUT2D eigenvalue weighted by Crippen LogP contribution is 1.90. The van der Waals surface area contributed by atoms with Gasteiger partial charge in [-0.3, -0.25) is 0 Å². The average Bonchev–Trinajstić information content (AvgIpc) is 2.14. The molecule has 0 aromatic carbocycles. The van der Waals surface area contributed by atoms with Gasteiger partial charge < -0.3 is 10.7 Å². The Kier molecular flexibility index (Phi) is 1.13. The summed E-state index contributed by atoms with van der Waals surface area (Å²) in [4.78, 5) is 2.47. The first-order chi connectivity index (χ1) is 3.83. The Balaban J connectivity index is 2.84. The van der Waals surface area contributed by atoms with Crippen molar-refractivity contribution in [2.45, 2.75) is 6.61 Å². The van der Waals surface area contributed by atoms with Gasteiger partial charge in [-0.15, -0.1) is 10.2 Å². The molecule has 43 valence electrons. The topological polar surface area (TPSA) is 87.5 Å². The molecule has 0 bridgehead atoms. The number of hydrogen-bond acceptors (Lipinski definition) is 3. The van der Waals surface area contributed by atoms with Crippen molar-refractivity contribution in [3.05, 3.63) is 5.82 Å². The van der Waals surface area contributed by atoms with Gasteiger partial charge in [-0.1, -0.05) is 0 Å². The van der Waals surface area contributed by atoms with Gasteiger partial charge in [0.1, 0.15) is 6.61 Å². The lowest BCUT2D eigenvalue weighted by molar-refractivity contribution is 0.170. The molecule has 5 heteroatoms. The van der Waals surface area contributed by atoms with Crippen LogP contribution in [0.3, 0.4) is 0 Å². The van der Waals surface area contributed by atoms with Crippen LogP contribution in [0.1, 0.15) is 5.82 Å². The van der Waals surface area contributed by atoms with E-state index < -0.39 is 6.61 Å². The van der Waals surface area contributed by atoms with Crippen LogP contribution in [-0.4, -0.2) is 15.2 Å². The number of rotatable bonds is 1. The third-order valence-corrected chi connectivity index (χ3v) is 0.688. The van der Waals surface area contributed by atoms with Crippen LogP contribution < -0.4 is 5.73 Å². The highest BCUT2D eigenvalue weighted by molar-refractivity contribution is 5.11. The smallest absolute Gasteiger partial charge is 0.219 e. The van der Waals surface area contributed by atoms with E-state index in [9.17, 15) is 5.11 Å². The molecular weight excluding hydrogens is 108 g/mol. The maximum Gasteiger partial charge on any atom is 0.219 e. The Labute approximate surface area is 45.5 Å². The molecule has 0 amide bonds. The quantitative estimate of drug-likeness (QED) is 0.505.